The Balaban J connectivity index is 1.74. The summed E-state index contributed by atoms with van der Waals surface area (Å²) in [5.41, 5.74) is 2.72. The summed E-state index contributed by atoms with van der Waals surface area (Å²) in [5.74, 6) is 0.194. The number of aliphatic hydroxyl groups excluding tert-OH is 1. The number of hydrogen-bond acceptors (Lipinski definition) is 3. The van der Waals surface area contributed by atoms with Crippen molar-refractivity contribution in [3.63, 3.8) is 0 Å². The van der Waals surface area contributed by atoms with E-state index in [0.717, 1.165) is 30.6 Å². The van der Waals surface area contributed by atoms with E-state index in [2.05, 4.69) is 17.2 Å². The molecule has 128 valence electrons. The third kappa shape index (κ3) is 3.51. The molecule has 1 aromatic carbocycles. The zero-order chi connectivity index (χ0) is 17.1. The minimum absolute atomic E-state index is 0.0251. The van der Waals surface area contributed by atoms with Gasteiger partial charge in [-0.05, 0) is 32.3 Å². The van der Waals surface area contributed by atoms with Gasteiger partial charge in [0.25, 0.3) is 5.91 Å². The van der Waals surface area contributed by atoms with Gasteiger partial charge in [0, 0.05) is 24.7 Å². The molecule has 0 spiro atoms. The first-order valence-electron chi connectivity index (χ1n) is 8.60. The molecular formula is C19H25N3O2. The van der Waals surface area contributed by atoms with E-state index in [9.17, 15) is 9.90 Å². The third-order valence-electron chi connectivity index (χ3n) is 4.94. The Hall–Kier alpha value is -2.14. The second kappa shape index (κ2) is 7.18. The number of nitrogens with zero attached hydrogens (tertiary/aromatic N) is 3. The monoisotopic (exact) mass is 327 g/mol. The van der Waals surface area contributed by atoms with E-state index in [-0.39, 0.29) is 17.9 Å². The molecule has 2 atom stereocenters. The molecule has 2 heterocycles. The Morgan fingerprint density at radius 2 is 2.12 bits per heavy atom. The van der Waals surface area contributed by atoms with Crippen molar-refractivity contribution in [1.29, 1.82) is 0 Å². The molecule has 2 unspecified atom stereocenters. The van der Waals surface area contributed by atoms with Crippen LogP contribution in [0, 0.1) is 12.8 Å². The number of carbonyl (C=O) groups is 1. The van der Waals surface area contributed by atoms with Gasteiger partial charge in [-0.2, -0.15) is 5.10 Å². The predicted molar refractivity (Wildman–Crippen MR) is 92.8 cm³/mol. The van der Waals surface area contributed by atoms with Crippen molar-refractivity contribution in [2.45, 2.75) is 39.3 Å². The van der Waals surface area contributed by atoms with Gasteiger partial charge in [0.05, 0.1) is 24.4 Å². The van der Waals surface area contributed by atoms with Crippen LogP contribution in [0.5, 0.6) is 0 Å². The number of amides is 1. The minimum atomic E-state index is -0.373. The Labute approximate surface area is 142 Å². The molecule has 1 fully saturated rings. The molecule has 1 aliphatic heterocycles. The average molecular weight is 327 g/mol. The number of benzene rings is 1. The summed E-state index contributed by atoms with van der Waals surface area (Å²) in [6.07, 6.45) is 3.22. The van der Waals surface area contributed by atoms with Crippen LogP contribution in [0.25, 0.3) is 0 Å². The Morgan fingerprint density at radius 1 is 1.38 bits per heavy atom. The van der Waals surface area contributed by atoms with Crippen molar-refractivity contribution < 1.29 is 9.90 Å². The highest BCUT2D eigenvalue weighted by Gasteiger charge is 2.28. The van der Waals surface area contributed by atoms with Gasteiger partial charge in [-0.3, -0.25) is 9.48 Å². The van der Waals surface area contributed by atoms with Gasteiger partial charge < -0.3 is 10.0 Å². The summed E-state index contributed by atoms with van der Waals surface area (Å²) in [4.78, 5) is 14.7. The fraction of sp³-hybridized carbons (Fsp3) is 0.474. The first kappa shape index (κ1) is 16.7. The molecule has 1 saturated heterocycles. The van der Waals surface area contributed by atoms with Gasteiger partial charge in [0.15, 0.2) is 0 Å². The highest BCUT2D eigenvalue weighted by Crippen LogP contribution is 2.22. The number of piperidine rings is 1. The fourth-order valence-corrected chi connectivity index (χ4v) is 3.33. The summed E-state index contributed by atoms with van der Waals surface area (Å²) in [6.45, 7) is 5.79. The number of aliphatic hydroxyl groups is 1. The molecule has 0 radical (unpaired) electrons. The molecule has 0 aliphatic carbocycles. The molecule has 1 N–H and O–H groups in total. The van der Waals surface area contributed by atoms with Gasteiger partial charge >= 0.3 is 0 Å². The van der Waals surface area contributed by atoms with Crippen LogP contribution in [0.3, 0.4) is 0 Å². The Morgan fingerprint density at radius 3 is 2.83 bits per heavy atom. The molecule has 0 saturated carbocycles. The summed E-state index contributed by atoms with van der Waals surface area (Å²) in [5, 5.41) is 14.2. The lowest BCUT2D eigenvalue weighted by Crippen LogP contribution is -2.43. The minimum Gasteiger partial charge on any atom is -0.393 e. The number of hydrogen-bond donors (Lipinski definition) is 1. The Kier molecular flexibility index (Phi) is 5.00. The van der Waals surface area contributed by atoms with Crippen LogP contribution in [-0.2, 0) is 6.54 Å². The van der Waals surface area contributed by atoms with Crippen molar-refractivity contribution in [3.05, 3.63) is 53.3 Å². The van der Waals surface area contributed by atoms with Crippen LogP contribution in [0.1, 0.15) is 41.4 Å². The summed E-state index contributed by atoms with van der Waals surface area (Å²) in [6, 6.07) is 10.1. The van der Waals surface area contributed by atoms with E-state index < -0.39 is 0 Å². The van der Waals surface area contributed by atoms with Gasteiger partial charge in [-0.15, -0.1) is 0 Å². The molecule has 5 nitrogen and oxygen atoms in total. The number of carbonyl (C=O) groups excluding carboxylic acids is 1. The molecular weight excluding hydrogens is 302 g/mol. The number of rotatable bonds is 4. The van der Waals surface area contributed by atoms with Crippen LogP contribution < -0.4 is 0 Å². The standard InChI is InChI=1S/C19H25N3O2/c1-14-18(11-20-22(14)12-16-7-4-3-5-8-16)19(24)21-10-6-9-17(13-21)15(2)23/h3-5,7-8,11,15,17,23H,6,9-10,12-13H2,1-2H3. The van der Waals surface area contributed by atoms with Crippen LogP contribution in [0.15, 0.2) is 36.5 Å². The van der Waals surface area contributed by atoms with E-state index in [1.165, 1.54) is 0 Å². The second-order valence-electron chi connectivity index (χ2n) is 6.68. The maximum atomic E-state index is 12.8. The fourth-order valence-electron chi connectivity index (χ4n) is 3.33. The predicted octanol–water partition coefficient (Wildman–Crippen LogP) is 2.47. The van der Waals surface area contributed by atoms with Crippen LogP contribution >= 0.6 is 0 Å². The first-order valence-corrected chi connectivity index (χ1v) is 8.60. The lowest BCUT2D eigenvalue weighted by atomic mass is 9.93. The maximum Gasteiger partial charge on any atom is 0.257 e. The van der Waals surface area contributed by atoms with E-state index in [1.54, 1.807) is 6.20 Å². The smallest absolute Gasteiger partial charge is 0.257 e. The first-order chi connectivity index (χ1) is 11.6. The van der Waals surface area contributed by atoms with Crippen LogP contribution in [0.2, 0.25) is 0 Å². The summed E-state index contributed by atoms with van der Waals surface area (Å²) in [7, 11) is 0. The van der Waals surface area contributed by atoms with Gasteiger partial charge in [0.1, 0.15) is 0 Å². The average Bonchev–Trinajstić information content (AvgIpc) is 2.96. The zero-order valence-corrected chi connectivity index (χ0v) is 14.4. The highest BCUT2D eigenvalue weighted by molar-refractivity contribution is 5.95. The third-order valence-corrected chi connectivity index (χ3v) is 4.94. The Bertz CT molecular complexity index is 694. The molecule has 24 heavy (non-hydrogen) atoms. The normalized spacial score (nSPS) is 19.3. The number of aromatic nitrogens is 2. The second-order valence-corrected chi connectivity index (χ2v) is 6.68. The van der Waals surface area contributed by atoms with Crippen molar-refractivity contribution >= 4 is 5.91 Å². The molecule has 1 aliphatic rings. The quantitative estimate of drug-likeness (QED) is 0.938. The van der Waals surface area contributed by atoms with Crippen molar-refractivity contribution in [3.8, 4) is 0 Å². The van der Waals surface area contributed by atoms with Gasteiger partial charge in [0.2, 0.25) is 0 Å². The number of likely N-dealkylation sites (tertiary alicyclic amines) is 1. The molecule has 0 bridgehead atoms. The van der Waals surface area contributed by atoms with E-state index in [0.29, 0.717) is 18.7 Å². The SMILES string of the molecule is Cc1c(C(=O)N2CCCC(C(C)O)C2)cnn1Cc1ccccc1. The maximum absolute atomic E-state index is 12.8. The molecule has 1 aromatic heterocycles. The van der Waals surface area contributed by atoms with Crippen molar-refractivity contribution in [2.75, 3.05) is 13.1 Å². The summed E-state index contributed by atoms with van der Waals surface area (Å²) >= 11 is 0. The highest BCUT2D eigenvalue weighted by atomic mass is 16.3. The van der Waals surface area contributed by atoms with E-state index in [1.807, 2.05) is 41.6 Å². The molecule has 5 heteroatoms. The zero-order valence-electron chi connectivity index (χ0n) is 14.4. The van der Waals surface area contributed by atoms with Gasteiger partial charge in [-0.25, -0.2) is 0 Å². The van der Waals surface area contributed by atoms with Crippen LogP contribution in [0.4, 0.5) is 0 Å². The molecule has 3 rings (SSSR count). The lowest BCUT2D eigenvalue weighted by Gasteiger charge is -2.34. The van der Waals surface area contributed by atoms with Crippen molar-refractivity contribution in [1.82, 2.24) is 14.7 Å². The van der Waals surface area contributed by atoms with Crippen molar-refractivity contribution in [2.24, 2.45) is 5.92 Å². The largest absolute Gasteiger partial charge is 0.393 e. The van der Waals surface area contributed by atoms with Crippen LogP contribution in [-0.4, -0.2) is 44.9 Å². The summed E-state index contributed by atoms with van der Waals surface area (Å²) < 4.78 is 1.87. The molecule has 1 amide bonds. The van der Waals surface area contributed by atoms with Gasteiger partial charge in [-0.1, -0.05) is 30.3 Å². The lowest BCUT2D eigenvalue weighted by molar-refractivity contribution is 0.0465. The topological polar surface area (TPSA) is 58.4 Å². The molecule has 2 aromatic rings. The van der Waals surface area contributed by atoms with E-state index in [4.69, 9.17) is 0 Å². The van der Waals surface area contributed by atoms with E-state index >= 15 is 0 Å².